The Kier molecular flexibility index (Phi) is 6.83. The molecule has 0 aliphatic heterocycles. The van der Waals surface area contributed by atoms with Crippen LogP contribution in [0.2, 0.25) is 0 Å². The molecule has 0 aromatic carbocycles. The number of carboxylic acid groups (broad SMARTS) is 1. The molecular weight excluding hydrogens is 248 g/mol. The highest BCUT2D eigenvalue weighted by Crippen LogP contribution is 2.25. The van der Waals surface area contributed by atoms with Gasteiger partial charge in [0.25, 0.3) is 0 Å². The summed E-state index contributed by atoms with van der Waals surface area (Å²) in [6, 6.07) is -0.380. The summed E-state index contributed by atoms with van der Waals surface area (Å²) in [4.78, 5) is 23.1. The fraction of sp³-hybridized carbons (Fsp3) is 0.846. The first-order valence-electron chi connectivity index (χ1n) is 6.51. The lowest BCUT2D eigenvalue weighted by Crippen LogP contribution is -2.53. The van der Waals surface area contributed by atoms with Crippen molar-refractivity contribution in [2.24, 2.45) is 5.41 Å². The molecule has 0 heterocycles. The van der Waals surface area contributed by atoms with Crippen molar-refractivity contribution in [2.45, 2.75) is 46.1 Å². The molecule has 0 aliphatic rings. The maximum Gasteiger partial charge on any atom is 0.315 e. The number of carbonyl (C=O) groups is 2. The van der Waals surface area contributed by atoms with E-state index in [1.54, 1.807) is 7.11 Å². The highest BCUT2D eigenvalue weighted by Gasteiger charge is 2.35. The van der Waals surface area contributed by atoms with Crippen LogP contribution in [0.15, 0.2) is 0 Å². The maximum atomic E-state index is 11.8. The predicted molar refractivity (Wildman–Crippen MR) is 73.1 cm³/mol. The van der Waals surface area contributed by atoms with Gasteiger partial charge in [-0.15, -0.1) is 0 Å². The van der Waals surface area contributed by atoms with Gasteiger partial charge >= 0.3 is 12.0 Å². The molecule has 0 aromatic rings. The molecule has 2 amide bonds. The maximum absolute atomic E-state index is 11.8. The minimum Gasteiger partial charge on any atom is -0.481 e. The molecule has 0 fully saturated rings. The first kappa shape index (κ1) is 17.7. The number of hydrogen-bond acceptors (Lipinski definition) is 3. The highest BCUT2D eigenvalue weighted by atomic mass is 16.5. The van der Waals surface area contributed by atoms with Crippen molar-refractivity contribution in [3.8, 4) is 0 Å². The van der Waals surface area contributed by atoms with Gasteiger partial charge in [-0.3, -0.25) is 4.79 Å². The van der Waals surface area contributed by atoms with Gasteiger partial charge in [0.2, 0.25) is 0 Å². The van der Waals surface area contributed by atoms with E-state index >= 15 is 0 Å². The molecule has 6 nitrogen and oxygen atoms in total. The average molecular weight is 274 g/mol. The van der Waals surface area contributed by atoms with Gasteiger partial charge in [-0.25, -0.2) is 4.79 Å². The lowest BCUT2D eigenvalue weighted by molar-refractivity contribution is -0.149. The lowest BCUT2D eigenvalue weighted by Gasteiger charge is -2.29. The monoisotopic (exact) mass is 274 g/mol. The summed E-state index contributed by atoms with van der Waals surface area (Å²) in [5.74, 6) is -0.881. The molecule has 0 bridgehead atoms. The predicted octanol–water partition coefficient (Wildman–Crippen LogP) is 1.60. The first-order chi connectivity index (χ1) is 8.73. The number of rotatable bonds is 8. The summed E-state index contributed by atoms with van der Waals surface area (Å²) in [7, 11) is 1.56. The zero-order chi connectivity index (χ0) is 15.1. The second kappa shape index (κ2) is 7.33. The number of ether oxygens (including phenoxy) is 1. The quantitative estimate of drug-likeness (QED) is 0.627. The zero-order valence-corrected chi connectivity index (χ0v) is 12.5. The van der Waals surface area contributed by atoms with Gasteiger partial charge < -0.3 is 20.5 Å². The molecule has 0 aromatic heterocycles. The SMILES string of the molecule is CCC(CC)(CNC(=O)NC(C)(C)COC)C(=O)O. The molecule has 0 saturated heterocycles. The minimum absolute atomic E-state index is 0.115. The zero-order valence-electron chi connectivity index (χ0n) is 12.5. The average Bonchev–Trinajstić information content (AvgIpc) is 2.29. The Balaban J connectivity index is 4.46. The third-order valence-corrected chi connectivity index (χ3v) is 3.35. The summed E-state index contributed by atoms with van der Waals surface area (Å²) in [6.07, 6.45) is 0.946. The van der Waals surface area contributed by atoms with Crippen molar-refractivity contribution in [2.75, 3.05) is 20.3 Å². The number of urea groups is 1. The van der Waals surface area contributed by atoms with E-state index in [0.29, 0.717) is 19.4 Å². The molecular formula is C13H26N2O4. The summed E-state index contributed by atoms with van der Waals surface area (Å²) in [5.41, 5.74) is -1.40. The van der Waals surface area contributed by atoms with Crippen molar-refractivity contribution < 1.29 is 19.4 Å². The molecule has 3 N–H and O–H groups in total. The Bertz CT molecular complexity index is 312. The van der Waals surface area contributed by atoms with Crippen LogP contribution >= 0.6 is 0 Å². The van der Waals surface area contributed by atoms with Gasteiger partial charge in [0.05, 0.1) is 17.6 Å². The Hall–Kier alpha value is -1.30. The van der Waals surface area contributed by atoms with Crippen molar-refractivity contribution in [3.63, 3.8) is 0 Å². The van der Waals surface area contributed by atoms with E-state index < -0.39 is 16.9 Å². The van der Waals surface area contributed by atoms with Gasteiger partial charge in [0.15, 0.2) is 0 Å². The van der Waals surface area contributed by atoms with E-state index in [-0.39, 0.29) is 12.6 Å². The summed E-state index contributed by atoms with van der Waals surface area (Å²) in [6.45, 7) is 7.79. The molecule has 0 atom stereocenters. The Morgan fingerprint density at radius 3 is 2.11 bits per heavy atom. The number of amides is 2. The van der Waals surface area contributed by atoms with Crippen LogP contribution in [0.25, 0.3) is 0 Å². The topological polar surface area (TPSA) is 87.7 Å². The first-order valence-corrected chi connectivity index (χ1v) is 6.51. The van der Waals surface area contributed by atoms with Crippen molar-refractivity contribution in [1.82, 2.24) is 10.6 Å². The fourth-order valence-electron chi connectivity index (χ4n) is 1.88. The van der Waals surface area contributed by atoms with Crippen molar-refractivity contribution in [1.29, 1.82) is 0 Å². The molecule has 0 aliphatic carbocycles. The van der Waals surface area contributed by atoms with E-state index in [2.05, 4.69) is 10.6 Å². The summed E-state index contributed by atoms with van der Waals surface area (Å²) < 4.78 is 5.00. The third-order valence-electron chi connectivity index (χ3n) is 3.35. The molecule has 0 radical (unpaired) electrons. The van der Waals surface area contributed by atoms with Crippen molar-refractivity contribution in [3.05, 3.63) is 0 Å². The van der Waals surface area contributed by atoms with Gasteiger partial charge in [-0.2, -0.15) is 0 Å². The third kappa shape index (κ3) is 5.46. The number of carbonyl (C=O) groups excluding carboxylic acids is 1. The Labute approximate surface area is 114 Å². The van der Waals surface area contributed by atoms with Crippen LogP contribution in [0.5, 0.6) is 0 Å². The van der Waals surface area contributed by atoms with Crippen LogP contribution < -0.4 is 10.6 Å². The standard InChI is InChI=1S/C13H26N2O4/c1-6-13(7-2,10(16)17)8-14-11(18)15-12(3,4)9-19-5/h6-9H2,1-5H3,(H,16,17)(H2,14,15,18). The molecule has 0 spiro atoms. The molecule has 19 heavy (non-hydrogen) atoms. The number of carboxylic acids is 1. The van der Waals surface area contributed by atoms with E-state index in [1.165, 1.54) is 0 Å². The van der Waals surface area contributed by atoms with Gasteiger partial charge in [0, 0.05) is 13.7 Å². The molecule has 0 rings (SSSR count). The lowest BCUT2D eigenvalue weighted by atomic mass is 9.82. The van der Waals surface area contributed by atoms with Crippen LogP contribution in [0.3, 0.4) is 0 Å². The van der Waals surface area contributed by atoms with Crippen LogP contribution in [0.1, 0.15) is 40.5 Å². The Morgan fingerprint density at radius 2 is 1.74 bits per heavy atom. The Morgan fingerprint density at radius 1 is 1.21 bits per heavy atom. The number of hydrogen-bond donors (Lipinski definition) is 3. The van der Waals surface area contributed by atoms with E-state index in [1.807, 2.05) is 27.7 Å². The van der Waals surface area contributed by atoms with Crippen LogP contribution in [-0.4, -0.2) is 42.9 Å². The fourth-order valence-corrected chi connectivity index (χ4v) is 1.88. The van der Waals surface area contributed by atoms with Crippen LogP contribution in [0, 0.1) is 5.41 Å². The smallest absolute Gasteiger partial charge is 0.315 e. The molecule has 6 heteroatoms. The largest absolute Gasteiger partial charge is 0.481 e. The number of methoxy groups -OCH3 is 1. The molecule has 0 unspecified atom stereocenters. The van der Waals surface area contributed by atoms with Crippen LogP contribution in [-0.2, 0) is 9.53 Å². The number of nitrogens with one attached hydrogen (secondary N) is 2. The minimum atomic E-state index is -0.900. The second-order valence-electron chi connectivity index (χ2n) is 5.42. The summed E-state index contributed by atoms with van der Waals surface area (Å²) >= 11 is 0. The molecule has 0 saturated carbocycles. The van der Waals surface area contributed by atoms with E-state index in [9.17, 15) is 14.7 Å². The summed E-state index contributed by atoms with van der Waals surface area (Å²) in [5, 5.41) is 14.6. The second-order valence-corrected chi connectivity index (χ2v) is 5.42. The van der Waals surface area contributed by atoms with Gasteiger partial charge in [-0.1, -0.05) is 13.8 Å². The van der Waals surface area contributed by atoms with E-state index in [0.717, 1.165) is 0 Å². The van der Waals surface area contributed by atoms with Gasteiger partial charge in [-0.05, 0) is 26.7 Å². The molecule has 112 valence electrons. The van der Waals surface area contributed by atoms with Crippen molar-refractivity contribution >= 4 is 12.0 Å². The number of aliphatic carboxylic acids is 1. The normalized spacial score (nSPS) is 12.1. The highest BCUT2D eigenvalue weighted by molar-refractivity contribution is 5.78. The van der Waals surface area contributed by atoms with Crippen LogP contribution in [0.4, 0.5) is 4.79 Å². The van der Waals surface area contributed by atoms with Gasteiger partial charge in [0.1, 0.15) is 0 Å². The van der Waals surface area contributed by atoms with E-state index in [4.69, 9.17) is 4.74 Å².